The Balaban J connectivity index is 1.68. The Hall–Kier alpha value is -2.63. The van der Waals surface area contributed by atoms with Crippen LogP contribution in [0.25, 0.3) is 0 Å². The van der Waals surface area contributed by atoms with E-state index in [0.29, 0.717) is 35.7 Å². The maximum atomic E-state index is 12.9. The largest absolute Gasteiger partial charge is 0.449 e. The van der Waals surface area contributed by atoms with Crippen LogP contribution in [0.15, 0.2) is 28.8 Å². The van der Waals surface area contributed by atoms with E-state index in [1.54, 1.807) is 24.8 Å². The average Bonchev–Trinajstić information content (AvgIpc) is 3.05. The lowest BCUT2D eigenvalue weighted by Gasteiger charge is -2.39. The van der Waals surface area contributed by atoms with Gasteiger partial charge in [0.1, 0.15) is 11.3 Å². The molecule has 0 radical (unpaired) electrons. The number of ether oxygens (including phenoxy) is 1. The van der Waals surface area contributed by atoms with Gasteiger partial charge in [-0.2, -0.15) is 0 Å². The second kappa shape index (κ2) is 5.19. The summed E-state index contributed by atoms with van der Waals surface area (Å²) in [5, 5.41) is 3.86. The number of aryl methyl sites for hydroxylation is 2. The van der Waals surface area contributed by atoms with Crippen molar-refractivity contribution in [2.45, 2.75) is 32.3 Å². The zero-order valence-corrected chi connectivity index (χ0v) is 13.7. The lowest BCUT2D eigenvalue weighted by atomic mass is 9.84. The van der Waals surface area contributed by atoms with Crippen LogP contribution >= 0.6 is 0 Å². The van der Waals surface area contributed by atoms with Crippen LogP contribution < -0.4 is 0 Å². The molecule has 1 spiro atoms. The molecule has 0 saturated carbocycles. The number of fused-ring (bicyclic) bond motifs is 2. The van der Waals surface area contributed by atoms with E-state index in [-0.39, 0.29) is 11.9 Å². The summed E-state index contributed by atoms with van der Waals surface area (Å²) < 4.78 is 10.9. The standard InChI is InChI=1S/C18H18N2O4/c1-11-15(12(2)24-19-11)16(21)20-9-5-8-18(10-20)14-7-4-3-6-13(14)17(22)23-18/h3-4,6-7H,5,8-10H2,1-2H3/t18-/m1/s1. The minimum atomic E-state index is -0.736. The Morgan fingerprint density at radius 2 is 2.08 bits per heavy atom. The van der Waals surface area contributed by atoms with E-state index in [2.05, 4.69) is 5.16 Å². The van der Waals surface area contributed by atoms with Crippen LogP contribution in [-0.2, 0) is 10.3 Å². The Labute approximate surface area is 139 Å². The fraction of sp³-hybridized carbons (Fsp3) is 0.389. The summed E-state index contributed by atoms with van der Waals surface area (Å²) in [6.45, 7) is 4.48. The van der Waals surface area contributed by atoms with Crippen LogP contribution in [0.1, 0.15) is 50.6 Å². The molecule has 0 aliphatic carbocycles. The molecule has 2 aliphatic heterocycles. The van der Waals surface area contributed by atoms with Crippen molar-refractivity contribution >= 4 is 11.9 Å². The number of benzene rings is 1. The SMILES string of the molecule is Cc1noc(C)c1C(=O)N1CCC[C@]2(C1)OC(=O)c1ccccc12. The van der Waals surface area contributed by atoms with Gasteiger partial charge in [0.15, 0.2) is 5.60 Å². The first-order valence-electron chi connectivity index (χ1n) is 8.07. The molecule has 0 N–H and O–H groups in total. The number of amides is 1. The van der Waals surface area contributed by atoms with Crippen molar-refractivity contribution in [2.75, 3.05) is 13.1 Å². The molecule has 6 nitrogen and oxygen atoms in total. The van der Waals surface area contributed by atoms with Crippen molar-refractivity contribution in [3.63, 3.8) is 0 Å². The second-order valence-corrected chi connectivity index (χ2v) is 6.46. The first kappa shape index (κ1) is 14.9. The van der Waals surface area contributed by atoms with Gasteiger partial charge in [-0.15, -0.1) is 0 Å². The van der Waals surface area contributed by atoms with Crippen molar-refractivity contribution in [3.05, 3.63) is 52.4 Å². The summed E-state index contributed by atoms with van der Waals surface area (Å²) in [6.07, 6.45) is 1.50. The Bertz CT molecular complexity index is 822. The molecule has 1 saturated heterocycles. The fourth-order valence-electron chi connectivity index (χ4n) is 3.79. The van der Waals surface area contributed by atoms with Gasteiger partial charge < -0.3 is 14.2 Å². The molecule has 1 fully saturated rings. The fourth-order valence-corrected chi connectivity index (χ4v) is 3.79. The van der Waals surface area contributed by atoms with Gasteiger partial charge in [-0.05, 0) is 32.8 Å². The van der Waals surface area contributed by atoms with E-state index in [1.807, 2.05) is 18.2 Å². The molecule has 0 unspecified atom stereocenters. The monoisotopic (exact) mass is 326 g/mol. The van der Waals surface area contributed by atoms with Crippen LogP contribution in [-0.4, -0.2) is 35.0 Å². The molecule has 3 heterocycles. The van der Waals surface area contributed by atoms with E-state index in [0.717, 1.165) is 18.4 Å². The summed E-state index contributed by atoms with van der Waals surface area (Å²) >= 11 is 0. The van der Waals surface area contributed by atoms with E-state index < -0.39 is 5.60 Å². The van der Waals surface area contributed by atoms with Gasteiger partial charge in [-0.3, -0.25) is 4.79 Å². The van der Waals surface area contributed by atoms with Crippen LogP contribution in [0.5, 0.6) is 0 Å². The number of rotatable bonds is 1. The highest BCUT2D eigenvalue weighted by Gasteiger charge is 2.49. The molecule has 0 bridgehead atoms. The van der Waals surface area contributed by atoms with E-state index in [4.69, 9.17) is 9.26 Å². The number of hydrogen-bond acceptors (Lipinski definition) is 5. The molecular formula is C18H18N2O4. The lowest BCUT2D eigenvalue weighted by Crippen LogP contribution is -2.49. The minimum Gasteiger partial charge on any atom is -0.449 e. The third kappa shape index (κ3) is 2.06. The maximum Gasteiger partial charge on any atom is 0.339 e. The Kier molecular flexibility index (Phi) is 3.23. The molecule has 6 heteroatoms. The Morgan fingerprint density at radius 3 is 2.83 bits per heavy atom. The quantitative estimate of drug-likeness (QED) is 0.753. The minimum absolute atomic E-state index is 0.120. The number of esters is 1. The molecule has 1 aromatic heterocycles. The highest BCUT2D eigenvalue weighted by molar-refractivity contribution is 5.97. The van der Waals surface area contributed by atoms with Gasteiger partial charge >= 0.3 is 5.97 Å². The van der Waals surface area contributed by atoms with Crippen LogP contribution in [0.4, 0.5) is 0 Å². The number of likely N-dealkylation sites (tertiary alicyclic amines) is 1. The molecule has 4 rings (SSSR count). The highest BCUT2D eigenvalue weighted by Crippen LogP contribution is 2.43. The topological polar surface area (TPSA) is 72.6 Å². The summed E-state index contributed by atoms with van der Waals surface area (Å²) in [7, 11) is 0. The lowest BCUT2D eigenvalue weighted by molar-refractivity contribution is -0.0442. The maximum absolute atomic E-state index is 12.9. The van der Waals surface area contributed by atoms with E-state index >= 15 is 0 Å². The number of carbonyl (C=O) groups excluding carboxylic acids is 2. The number of hydrogen-bond donors (Lipinski definition) is 0. The predicted octanol–water partition coefficient (Wildman–Crippen LogP) is 2.59. The van der Waals surface area contributed by atoms with Gasteiger partial charge in [-0.1, -0.05) is 23.4 Å². The summed E-state index contributed by atoms with van der Waals surface area (Å²) in [6, 6.07) is 7.43. The zero-order chi connectivity index (χ0) is 16.9. The molecule has 2 aromatic rings. The van der Waals surface area contributed by atoms with Gasteiger partial charge in [0.2, 0.25) is 0 Å². The van der Waals surface area contributed by atoms with Gasteiger partial charge in [0.05, 0.1) is 17.8 Å². The van der Waals surface area contributed by atoms with Gasteiger partial charge in [0.25, 0.3) is 5.91 Å². The van der Waals surface area contributed by atoms with Crippen molar-refractivity contribution in [3.8, 4) is 0 Å². The summed E-state index contributed by atoms with van der Waals surface area (Å²) in [5.74, 6) is 0.0870. The van der Waals surface area contributed by atoms with Crippen molar-refractivity contribution in [1.82, 2.24) is 10.1 Å². The van der Waals surface area contributed by atoms with E-state index in [9.17, 15) is 9.59 Å². The van der Waals surface area contributed by atoms with Crippen LogP contribution in [0.2, 0.25) is 0 Å². The molecule has 124 valence electrons. The normalized spacial score (nSPS) is 22.6. The molecule has 2 aliphatic rings. The number of carbonyl (C=O) groups is 2. The van der Waals surface area contributed by atoms with Crippen molar-refractivity contribution in [2.24, 2.45) is 0 Å². The highest BCUT2D eigenvalue weighted by atomic mass is 16.6. The van der Waals surface area contributed by atoms with E-state index in [1.165, 1.54) is 0 Å². The summed E-state index contributed by atoms with van der Waals surface area (Å²) in [5.41, 5.74) is 1.83. The molecule has 24 heavy (non-hydrogen) atoms. The van der Waals surface area contributed by atoms with Crippen molar-refractivity contribution in [1.29, 1.82) is 0 Å². The van der Waals surface area contributed by atoms with Gasteiger partial charge in [0, 0.05) is 12.1 Å². The number of piperidine rings is 1. The number of aromatic nitrogens is 1. The molecular weight excluding hydrogens is 308 g/mol. The van der Waals surface area contributed by atoms with Crippen LogP contribution in [0, 0.1) is 13.8 Å². The number of nitrogens with zero attached hydrogens (tertiary/aromatic N) is 2. The predicted molar refractivity (Wildman–Crippen MR) is 84.7 cm³/mol. The first-order valence-corrected chi connectivity index (χ1v) is 8.07. The molecule has 1 aromatic carbocycles. The van der Waals surface area contributed by atoms with Crippen LogP contribution in [0.3, 0.4) is 0 Å². The zero-order valence-electron chi connectivity index (χ0n) is 13.7. The summed E-state index contributed by atoms with van der Waals surface area (Å²) in [4.78, 5) is 26.9. The third-order valence-electron chi connectivity index (χ3n) is 4.92. The second-order valence-electron chi connectivity index (χ2n) is 6.46. The van der Waals surface area contributed by atoms with Gasteiger partial charge in [-0.25, -0.2) is 4.79 Å². The third-order valence-corrected chi connectivity index (χ3v) is 4.92. The smallest absolute Gasteiger partial charge is 0.339 e. The van der Waals surface area contributed by atoms with Crippen molar-refractivity contribution < 1.29 is 18.8 Å². The average molecular weight is 326 g/mol. The Morgan fingerprint density at radius 1 is 1.29 bits per heavy atom. The first-order chi connectivity index (χ1) is 11.5. The molecule has 1 amide bonds. The molecule has 1 atom stereocenters.